The number of para-hydroxylation sites is 1. The van der Waals surface area contributed by atoms with Crippen LogP contribution in [-0.2, 0) is 10.2 Å². The summed E-state index contributed by atoms with van der Waals surface area (Å²) in [6, 6.07) is 3.82. The molecule has 0 aromatic heterocycles. The van der Waals surface area contributed by atoms with Crippen molar-refractivity contribution in [2.45, 2.75) is 37.5 Å². The Balaban J connectivity index is 3.30. The minimum atomic E-state index is -5.12. The summed E-state index contributed by atoms with van der Waals surface area (Å²) < 4.78 is 57.0. The Hall–Kier alpha value is -1.63. The third kappa shape index (κ3) is 3.34. The van der Waals surface area contributed by atoms with Crippen LogP contribution in [0.5, 0.6) is 5.75 Å². The largest absolute Gasteiger partial charge is 0.493 e. The molecule has 1 N–H and O–H groups in total. The number of methoxy groups -OCH3 is 1. The Labute approximate surface area is 119 Å². The average Bonchev–Trinajstić information content (AvgIpc) is 2.36. The summed E-state index contributed by atoms with van der Waals surface area (Å²) in [5, 5.41) is 9.56. The van der Waals surface area contributed by atoms with Crippen LogP contribution in [-0.4, -0.2) is 30.3 Å². The van der Waals surface area contributed by atoms with Gasteiger partial charge in [0.05, 0.1) is 7.11 Å². The zero-order chi connectivity index (χ0) is 16.5. The summed E-state index contributed by atoms with van der Waals surface area (Å²) in [6.07, 6.45) is -6.61. The molecule has 1 rings (SSSR count). The number of alkyl halides is 3. The van der Waals surface area contributed by atoms with Crippen LogP contribution in [0, 0.1) is 5.82 Å². The molecule has 0 heterocycles. The molecule has 1 atom stereocenters. The third-order valence-electron chi connectivity index (χ3n) is 3.30. The van der Waals surface area contributed by atoms with E-state index < -0.39 is 35.7 Å². The quantitative estimate of drug-likeness (QED) is 0.672. The van der Waals surface area contributed by atoms with E-state index in [1.54, 1.807) is 0 Å². The van der Waals surface area contributed by atoms with Crippen LogP contribution in [0.3, 0.4) is 0 Å². The van der Waals surface area contributed by atoms with Crippen molar-refractivity contribution >= 4 is 6.29 Å². The number of hydrogen-bond donors (Lipinski definition) is 1. The van der Waals surface area contributed by atoms with Crippen LogP contribution in [0.25, 0.3) is 0 Å². The molecule has 0 radical (unpaired) electrons. The fraction of sp³-hybridized carbons (Fsp3) is 0.500. The molecular weight excluding hydrogens is 292 g/mol. The van der Waals surface area contributed by atoms with E-state index in [0.29, 0.717) is 0 Å². The van der Waals surface area contributed by atoms with E-state index in [-0.39, 0.29) is 11.3 Å². The molecule has 0 aliphatic heterocycles. The smallest absolute Gasteiger partial charge is 0.424 e. The maximum absolute atomic E-state index is 13.7. The van der Waals surface area contributed by atoms with Gasteiger partial charge in [0.25, 0.3) is 0 Å². The lowest BCUT2D eigenvalue weighted by molar-refractivity contribution is -0.250. The average molecular weight is 308 g/mol. The first kappa shape index (κ1) is 17.4. The third-order valence-corrected chi connectivity index (χ3v) is 3.30. The first-order chi connectivity index (χ1) is 9.48. The van der Waals surface area contributed by atoms with E-state index in [2.05, 4.69) is 0 Å². The van der Waals surface area contributed by atoms with Gasteiger partial charge in [-0.2, -0.15) is 13.2 Å². The number of benzene rings is 1. The van der Waals surface area contributed by atoms with Crippen molar-refractivity contribution in [3.8, 4) is 5.75 Å². The topological polar surface area (TPSA) is 46.5 Å². The van der Waals surface area contributed by atoms with E-state index in [0.717, 1.165) is 6.07 Å². The van der Waals surface area contributed by atoms with Crippen LogP contribution in [0.2, 0.25) is 0 Å². The van der Waals surface area contributed by atoms with Gasteiger partial charge in [0.2, 0.25) is 5.60 Å². The number of carbonyl (C=O) groups excluding carboxylic acids is 1. The van der Waals surface area contributed by atoms with Crippen molar-refractivity contribution < 1.29 is 32.2 Å². The first-order valence-corrected chi connectivity index (χ1v) is 6.07. The summed E-state index contributed by atoms with van der Waals surface area (Å²) >= 11 is 0. The molecule has 1 aromatic rings. The second-order valence-electron chi connectivity index (χ2n) is 5.42. The summed E-state index contributed by atoms with van der Waals surface area (Å²) in [7, 11) is 1.19. The van der Waals surface area contributed by atoms with Gasteiger partial charge in [0.15, 0.2) is 17.9 Å². The predicted molar refractivity (Wildman–Crippen MR) is 67.7 cm³/mol. The number of ether oxygens (including phenoxy) is 1. The summed E-state index contributed by atoms with van der Waals surface area (Å²) in [5.74, 6) is -0.942. The van der Waals surface area contributed by atoms with E-state index in [1.165, 1.54) is 33.1 Å². The molecule has 1 unspecified atom stereocenters. The fourth-order valence-corrected chi connectivity index (χ4v) is 2.23. The van der Waals surface area contributed by atoms with Gasteiger partial charge in [-0.05, 0) is 11.5 Å². The summed E-state index contributed by atoms with van der Waals surface area (Å²) in [5.41, 5.74) is -4.72. The molecular formula is C14H16F4O3. The highest BCUT2D eigenvalue weighted by molar-refractivity contribution is 5.64. The molecule has 1 aromatic carbocycles. The lowest BCUT2D eigenvalue weighted by Gasteiger charge is -2.35. The Morgan fingerprint density at radius 1 is 1.29 bits per heavy atom. The van der Waals surface area contributed by atoms with E-state index in [4.69, 9.17) is 4.74 Å². The maximum Gasteiger partial charge on any atom is 0.424 e. The highest BCUT2D eigenvalue weighted by Crippen LogP contribution is 2.43. The highest BCUT2D eigenvalue weighted by Gasteiger charge is 2.56. The van der Waals surface area contributed by atoms with E-state index in [1.807, 2.05) is 0 Å². The van der Waals surface area contributed by atoms with Gasteiger partial charge in [-0.15, -0.1) is 0 Å². The van der Waals surface area contributed by atoms with Crippen molar-refractivity contribution in [2.24, 2.45) is 0 Å². The molecule has 7 heteroatoms. The Bertz CT molecular complexity index is 525. The zero-order valence-electron chi connectivity index (χ0n) is 11.8. The molecule has 0 saturated heterocycles. The van der Waals surface area contributed by atoms with Crippen molar-refractivity contribution in [1.29, 1.82) is 0 Å². The lowest BCUT2D eigenvalue weighted by Crippen LogP contribution is -2.50. The second kappa shape index (κ2) is 5.63. The van der Waals surface area contributed by atoms with Gasteiger partial charge < -0.3 is 9.84 Å². The lowest BCUT2D eigenvalue weighted by atomic mass is 9.75. The normalized spacial score (nSPS) is 15.4. The van der Waals surface area contributed by atoms with Gasteiger partial charge in [-0.25, -0.2) is 4.39 Å². The molecule has 118 valence electrons. The number of rotatable bonds is 5. The minimum Gasteiger partial charge on any atom is -0.493 e. The summed E-state index contributed by atoms with van der Waals surface area (Å²) in [4.78, 5) is 10.7. The SMILES string of the molecule is COc1c(F)cccc1C(C)(C)CC(O)(C=O)C(F)(F)F. The minimum absolute atomic E-state index is 0.134. The number of aldehydes is 1. The monoisotopic (exact) mass is 308 g/mol. The summed E-state index contributed by atoms with van der Waals surface area (Å²) in [6.45, 7) is 2.73. The maximum atomic E-state index is 13.7. The molecule has 0 fully saturated rings. The first-order valence-electron chi connectivity index (χ1n) is 6.07. The molecule has 0 saturated carbocycles. The number of carbonyl (C=O) groups is 1. The van der Waals surface area contributed by atoms with Crippen LogP contribution in [0.4, 0.5) is 17.6 Å². The van der Waals surface area contributed by atoms with Crippen molar-refractivity contribution in [1.82, 2.24) is 0 Å². The van der Waals surface area contributed by atoms with E-state index in [9.17, 15) is 27.5 Å². The Morgan fingerprint density at radius 2 is 1.86 bits per heavy atom. The van der Waals surface area contributed by atoms with Gasteiger partial charge in [0.1, 0.15) is 0 Å². The molecule has 0 aliphatic rings. The molecule has 0 bridgehead atoms. The molecule has 3 nitrogen and oxygen atoms in total. The van der Waals surface area contributed by atoms with Crippen LogP contribution >= 0.6 is 0 Å². The molecule has 0 spiro atoms. The second-order valence-corrected chi connectivity index (χ2v) is 5.42. The van der Waals surface area contributed by atoms with E-state index >= 15 is 0 Å². The standard InChI is InChI=1S/C14H16F4O3/c1-12(2,7-13(20,8-19)14(16,17)18)9-5-4-6-10(15)11(9)21-3/h4-6,8,20H,7H2,1-3H3. The zero-order valence-corrected chi connectivity index (χ0v) is 11.8. The molecule has 0 aliphatic carbocycles. The highest BCUT2D eigenvalue weighted by atomic mass is 19.4. The van der Waals surface area contributed by atoms with Crippen LogP contribution < -0.4 is 4.74 Å². The van der Waals surface area contributed by atoms with Gasteiger partial charge in [0, 0.05) is 12.0 Å². The van der Waals surface area contributed by atoms with Crippen LogP contribution in [0.15, 0.2) is 18.2 Å². The van der Waals surface area contributed by atoms with Crippen molar-refractivity contribution in [3.63, 3.8) is 0 Å². The molecule has 0 amide bonds. The molecule has 21 heavy (non-hydrogen) atoms. The van der Waals surface area contributed by atoms with Crippen LogP contribution in [0.1, 0.15) is 25.8 Å². The van der Waals surface area contributed by atoms with Gasteiger partial charge >= 0.3 is 6.18 Å². The number of aliphatic hydroxyl groups is 1. The van der Waals surface area contributed by atoms with Gasteiger partial charge in [-0.1, -0.05) is 26.0 Å². The van der Waals surface area contributed by atoms with Gasteiger partial charge in [-0.3, -0.25) is 4.79 Å². The Kier molecular flexibility index (Phi) is 4.67. The van der Waals surface area contributed by atoms with Crippen molar-refractivity contribution in [3.05, 3.63) is 29.6 Å². The number of halogens is 4. The number of hydrogen-bond acceptors (Lipinski definition) is 3. The predicted octanol–water partition coefficient (Wildman–Crippen LogP) is 2.99. The fourth-order valence-electron chi connectivity index (χ4n) is 2.23. The van der Waals surface area contributed by atoms with Crippen molar-refractivity contribution in [2.75, 3.05) is 7.11 Å². The Morgan fingerprint density at radius 3 is 2.29 bits per heavy atom.